The first-order valence-electron chi connectivity index (χ1n) is 6.27. The predicted molar refractivity (Wildman–Crippen MR) is 72.5 cm³/mol. The predicted octanol–water partition coefficient (Wildman–Crippen LogP) is 2.93. The van der Waals surface area contributed by atoms with Crippen LogP contribution in [-0.2, 0) is 16.1 Å². The molecule has 2 atom stereocenters. The smallest absolute Gasteiger partial charge is 0.332 e. The van der Waals surface area contributed by atoms with Gasteiger partial charge in [0, 0.05) is 28.7 Å². The maximum absolute atomic E-state index is 10.9. The monoisotopic (exact) mass is 279 g/mol. The van der Waals surface area contributed by atoms with Crippen molar-refractivity contribution in [2.45, 2.75) is 31.6 Å². The van der Waals surface area contributed by atoms with Crippen LogP contribution in [0.15, 0.2) is 30.5 Å². The zero-order valence-corrected chi connectivity index (χ0v) is 11.0. The van der Waals surface area contributed by atoms with E-state index in [1.165, 1.54) is 0 Å². The van der Waals surface area contributed by atoms with Crippen molar-refractivity contribution in [3.8, 4) is 0 Å². The summed E-state index contributed by atoms with van der Waals surface area (Å²) in [6, 6.07) is 7.75. The van der Waals surface area contributed by atoms with Crippen molar-refractivity contribution in [1.29, 1.82) is 0 Å². The number of rotatable bonds is 3. The zero-order chi connectivity index (χ0) is 13.4. The molecule has 5 heteroatoms. The van der Waals surface area contributed by atoms with E-state index in [2.05, 4.69) is 4.57 Å². The second-order valence-corrected chi connectivity index (χ2v) is 5.21. The third-order valence-electron chi connectivity index (χ3n) is 3.54. The molecule has 2 unspecified atom stereocenters. The third-order valence-corrected chi connectivity index (χ3v) is 3.87. The summed E-state index contributed by atoms with van der Waals surface area (Å²) in [7, 11) is 0. The summed E-state index contributed by atoms with van der Waals surface area (Å²) in [5.74, 6) is -0.872. The Balaban J connectivity index is 1.79. The molecule has 0 radical (unpaired) electrons. The lowest BCUT2D eigenvalue weighted by atomic mass is 10.2. The van der Waals surface area contributed by atoms with Gasteiger partial charge in [-0.05, 0) is 31.0 Å². The second kappa shape index (κ2) is 4.87. The lowest BCUT2D eigenvalue weighted by Gasteiger charge is -2.13. The van der Waals surface area contributed by atoms with Crippen molar-refractivity contribution < 1.29 is 14.6 Å². The Morgan fingerprint density at radius 3 is 3.00 bits per heavy atom. The van der Waals surface area contributed by atoms with Crippen LogP contribution in [0, 0.1) is 0 Å². The van der Waals surface area contributed by atoms with Gasteiger partial charge in [0.1, 0.15) is 0 Å². The molecule has 3 rings (SSSR count). The van der Waals surface area contributed by atoms with Crippen molar-refractivity contribution >= 4 is 28.5 Å². The molecule has 1 aliphatic rings. The fourth-order valence-corrected chi connectivity index (χ4v) is 2.82. The van der Waals surface area contributed by atoms with Crippen LogP contribution in [0.3, 0.4) is 0 Å². The first kappa shape index (κ1) is 12.5. The number of halogens is 1. The van der Waals surface area contributed by atoms with E-state index in [-0.39, 0.29) is 6.10 Å². The van der Waals surface area contributed by atoms with E-state index in [9.17, 15) is 4.79 Å². The van der Waals surface area contributed by atoms with E-state index in [0.717, 1.165) is 22.3 Å². The molecule has 0 amide bonds. The van der Waals surface area contributed by atoms with E-state index in [1.807, 2.05) is 30.5 Å². The normalized spacial score (nSPS) is 23.0. The van der Waals surface area contributed by atoms with Crippen molar-refractivity contribution in [3.05, 3.63) is 35.5 Å². The molecule has 100 valence electrons. The Kier molecular flexibility index (Phi) is 3.21. The molecule has 1 fully saturated rings. The van der Waals surface area contributed by atoms with E-state index in [0.29, 0.717) is 13.0 Å². The van der Waals surface area contributed by atoms with Crippen molar-refractivity contribution in [2.75, 3.05) is 0 Å². The standard InChI is InChI=1S/C14H14ClNO3/c15-11-2-1-3-12-10(11)6-7-16(12)8-9-4-5-13(19-9)14(17)18/h1-3,6-7,9,13H,4-5,8H2,(H,17,18). The molecule has 1 aromatic carbocycles. The maximum Gasteiger partial charge on any atom is 0.332 e. The van der Waals surface area contributed by atoms with Gasteiger partial charge >= 0.3 is 5.97 Å². The van der Waals surface area contributed by atoms with Crippen LogP contribution in [0.1, 0.15) is 12.8 Å². The Hall–Kier alpha value is -1.52. The van der Waals surface area contributed by atoms with Crippen LogP contribution in [0.4, 0.5) is 0 Å². The maximum atomic E-state index is 10.9. The van der Waals surface area contributed by atoms with Crippen LogP contribution in [-0.4, -0.2) is 27.9 Å². The highest BCUT2D eigenvalue weighted by Gasteiger charge is 2.30. The quantitative estimate of drug-likeness (QED) is 0.940. The Morgan fingerprint density at radius 1 is 1.42 bits per heavy atom. The molecule has 0 aliphatic carbocycles. The van der Waals surface area contributed by atoms with Gasteiger partial charge in [0.15, 0.2) is 6.10 Å². The molecule has 2 aromatic rings. The highest BCUT2D eigenvalue weighted by Crippen LogP contribution is 2.27. The molecule has 0 spiro atoms. The number of nitrogens with zero attached hydrogens (tertiary/aromatic N) is 1. The summed E-state index contributed by atoms with van der Waals surface area (Å²) < 4.78 is 7.59. The highest BCUT2D eigenvalue weighted by molar-refractivity contribution is 6.35. The molecule has 4 nitrogen and oxygen atoms in total. The lowest BCUT2D eigenvalue weighted by Crippen LogP contribution is -2.22. The van der Waals surface area contributed by atoms with Crippen molar-refractivity contribution in [2.24, 2.45) is 0 Å². The fourth-order valence-electron chi connectivity index (χ4n) is 2.59. The summed E-state index contributed by atoms with van der Waals surface area (Å²) in [5.41, 5.74) is 1.05. The minimum absolute atomic E-state index is 0.0457. The molecule has 0 bridgehead atoms. The van der Waals surface area contributed by atoms with Crippen LogP contribution in [0.25, 0.3) is 10.9 Å². The fraction of sp³-hybridized carbons (Fsp3) is 0.357. The molecule has 0 saturated carbocycles. The van der Waals surface area contributed by atoms with Gasteiger partial charge in [-0.1, -0.05) is 17.7 Å². The number of aliphatic carboxylic acids is 1. The summed E-state index contributed by atoms with van der Waals surface area (Å²) >= 11 is 6.13. The third kappa shape index (κ3) is 2.33. The van der Waals surface area contributed by atoms with Crippen LogP contribution in [0.5, 0.6) is 0 Å². The van der Waals surface area contributed by atoms with Gasteiger partial charge in [0.25, 0.3) is 0 Å². The Bertz CT molecular complexity index is 622. The van der Waals surface area contributed by atoms with E-state index in [4.69, 9.17) is 21.4 Å². The Morgan fingerprint density at radius 2 is 2.26 bits per heavy atom. The molecular formula is C14H14ClNO3. The topological polar surface area (TPSA) is 51.5 Å². The van der Waals surface area contributed by atoms with Gasteiger partial charge in [-0.2, -0.15) is 0 Å². The van der Waals surface area contributed by atoms with Gasteiger partial charge in [-0.25, -0.2) is 4.79 Å². The minimum Gasteiger partial charge on any atom is -0.479 e. The largest absolute Gasteiger partial charge is 0.479 e. The van der Waals surface area contributed by atoms with Gasteiger partial charge in [0.2, 0.25) is 0 Å². The number of ether oxygens (including phenoxy) is 1. The average molecular weight is 280 g/mol. The van der Waals surface area contributed by atoms with E-state index < -0.39 is 12.1 Å². The van der Waals surface area contributed by atoms with Gasteiger partial charge < -0.3 is 14.4 Å². The van der Waals surface area contributed by atoms with Crippen LogP contribution >= 0.6 is 11.6 Å². The van der Waals surface area contributed by atoms with E-state index in [1.54, 1.807) is 0 Å². The first-order chi connectivity index (χ1) is 9.15. The molecule has 1 aromatic heterocycles. The van der Waals surface area contributed by atoms with Crippen LogP contribution < -0.4 is 0 Å². The van der Waals surface area contributed by atoms with Crippen LogP contribution in [0.2, 0.25) is 5.02 Å². The lowest BCUT2D eigenvalue weighted by molar-refractivity contribution is -0.149. The first-order valence-corrected chi connectivity index (χ1v) is 6.64. The average Bonchev–Trinajstić information content (AvgIpc) is 2.98. The van der Waals surface area contributed by atoms with Crippen molar-refractivity contribution in [1.82, 2.24) is 4.57 Å². The molecule has 1 N–H and O–H groups in total. The van der Waals surface area contributed by atoms with Crippen molar-refractivity contribution in [3.63, 3.8) is 0 Å². The number of hydrogen-bond donors (Lipinski definition) is 1. The van der Waals surface area contributed by atoms with Gasteiger partial charge in [-0.3, -0.25) is 0 Å². The summed E-state index contributed by atoms with van der Waals surface area (Å²) in [6.07, 6.45) is 2.62. The molecule has 1 aliphatic heterocycles. The molecule has 2 heterocycles. The van der Waals surface area contributed by atoms with Gasteiger partial charge in [0.05, 0.1) is 6.10 Å². The number of carboxylic acid groups (broad SMARTS) is 1. The molecule has 1 saturated heterocycles. The zero-order valence-electron chi connectivity index (χ0n) is 10.3. The number of carbonyl (C=O) groups is 1. The van der Waals surface area contributed by atoms with E-state index >= 15 is 0 Å². The number of hydrogen-bond acceptors (Lipinski definition) is 2. The summed E-state index contributed by atoms with van der Waals surface area (Å²) in [5, 5.41) is 10.7. The number of carboxylic acids is 1. The van der Waals surface area contributed by atoms with Gasteiger partial charge in [-0.15, -0.1) is 0 Å². The minimum atomic E-state index is -0.872. The number of aromatic nitrogens is 1. The Labute approximate surface area is 115 Å². The molecule has 19 heavy (non-hydrogen) atoms. The SMILES string of the molecule is O=C(O)C1CCC(Cn2ccc3c(Cl)cccc32)O1. The number of benzene rings is 1. The molecular weight excluding hydrogens is 266 g/mol. The summed E-state index contributed by atoms with van der Waals surface area (Å²) in [4.78, 5) is 10.9. The number of fused-ring (bicyclic) bond motifs is 1. The summed E-state index contributed by atoms with van der Waals surface area (Å²) in [6.45, 7) is 0.660. The highest BCUT2D eigenvalue weighted by atomic mass is 35.5. The second-order valence-electron chi connectivity index (χ2n) is 4.80.